The fourth-order valence-corrected chi connectivity index (χ4v) is 3.83. The Bertz CT molecular complexity index is 813. The zero-order chi connectivity index (χ0) is 17.7. The van der Waals surface area contributed by atoms with Gasteiger partial charge in [0.2, 0.25) is 0 Å². The molecule has 3 aliphatic rings. The first kappa shape index (κ1) is 15.8. The van der Waals surface area contributed by atoms with Crippen molar-refractivity contribution in [2.45, 2.75) is 17.7 Å². The summed E-state index contributed by atoms with van der Waals surface area (Å²) in [6, 6.07) is 4.95. The number of amides is 3. The summed E-state index contributed by atoms with van der Waals surface area (Å²) in [6.07, 6.45) is 3.15. The van der Waals surface area contributed by atoms with Gasteiger partial charge >= 0.3 is 6.03 Å². The van der Waals surface area contributed by atoms with Crippen molar-refractivity contribution in [2.24, 2.45) is 0 Å². The van der Waals surface area contributed by atoms with Crippen molar-refractivity contribution in [3.05, 3.63) is 41.1 Å². The average Bonchev–Trinajstić information content (AvgIpc) is 3.25. The van der Waals surface area contributed by atoms with E-state index in [2.05, 4.69) is 16.0 Å². The molecule has 130 valence electrons. The lowest BCUT2D eigenvalue weighted by Gasteiger charge is -2.25. The molecule has 8 heteroatoms. The van der Waals surface area contributed by atoms with Gasteiger partial charge in [0.1, 0.15) is 0 Å². The largest absolute Gasteiger partial charge is 0.393 e. The van der Waals surface area contributed by atoms with Gasteiger partial charge in [0.15, 0.2) is 11.3 Å². The van der Waals surface area contributed by atoms with E-state index < -0.39 is 23.3 Å². The van der Waals surface area contributed by atoms with E-state index in [0.717, 1.165) is 5.56 Å². The fourth-order valence-electron chi connectivity index (χ4n) is 3.83. The van der Waals surface area contributed by atoms with Crippen molar-refractivity contribution in [1.82, 2.24) is 16.0 Å². The summed E-state index contributed by atoms with van der Waals surface area (Å²) in [5.74, 6) is -1.46. The topological polar surface area (TPSA) is 113 Å². The molecule has 25 heavy (non-hydrogen) atoms. The van der Waals surface area contributed by atoms with Gasteiger partial charge in [-0.3, -0.25) is 10.1 Å². The summed E-state index contributed by atoms with van der Waals surface area (Å²) in [6.45, 7) is 0.832. The van der Waals surface area contributed by atoms with Crippen LogP contribution in [-0.4, -0.2) is 38.4 Å². The van der Waals surface area contributed by atoms with Crippen LogP contribution in [0.25, 0.3) is 5.57 Å². The van der Waals surface area contributed by atoms with E-state index in [1.54, 1.807) is 19.3 Å². The van der Waals surface area contributed by atoms with Gasteiger partial charge in [-0.05, 0) is 17.2 Å². The third-order valence-electron chi connectivity index (χ3n) is 4.87. The molecule has 4 rings (SSSR count). The van der Waals surface area contributed by atoms with Gasteiger partial charge in [-0.15, -0.1) is 0 Å². The molecule has 2 spiro atoms. The summed E-state index contributed by atoms with van der Waals surface area (Å²) in [4.78, 5) is 24.3. The SMILES string of the molecule is CN/C=C(\C=N)c1ccc2c(c1)C1(CC23NC(=O)NC3=O)OCCO1. The van der Waals surface area contributed by atoms with Crippen molar-refractivity contribution in [1.29, 1.82) is 5.41 Å². The maximum Gasteiger partial charge on any atom is 0.322 e. The van der Waals surface area contributed by atoms with Crippen LogP contribution < -0.4 is 16.0 Å². The summed E-state index contributed by atoms with van der Waals surface area (Å²) in [5.41, 5.74) is 1.66. The van der Waals surface area contributed by atoms with E-state index in [1.165, 1.54) is 6.21 Å². The summed E-state index contributed by atoms with van der Waals surface area (Å²) in [7, 11) is 1.76. The summed E-state index contributed by atoms with van der Waals surface area (Å²) < 4.78 is 11.8. The second kappa shape index (κ2) is 5.40. The van der Waals surface area contributed by atoms with Crippen molar-refractivity contribution in [2.75, 3.05) is 20.3 Å². The first-order valence-corrected chi connectivity index (χ1v) is 7.99. The van der Waals surface area contributed by atoms with E-state index in [4.69, 9.17) is 14.9 Å². The number of carbonyl (C=O) groups excluding carboxylic acids is 2. The van der Waals surface area contributed by atoms with Crippen LogP contribution in [0.15, 0.2) is 24.4 Å². The monoisotopic (exact) mass is 342 g/mol. The Morgan fingerprint density at radius 2 is 2.04 bits per heavy atom. The van der Waals surface area contributed by atoms with Gasteiger partial charge in [0.05, 0.1) is 13.2 Å². The molecule has 2 saturated heterocycles. The van der Waals surface area contributed by atoms with Crippen LogP contribution in [0.2, 0.25) is 0 Å². The zero-order valence-electron chi connectivity index (χ0n) is 13.6. The van der Waals surface area contributed by atoms with E-state index in [0.29, 0.717) is 29.9 Å². The van der Waals surface area contributed by atoms with Crippen LogP contribution in [0.4, 0.5) is 4.79 Å². The van der Waals surface area contributed by atoms with E-state index in [1.807, 2.05) is 12.1 Å². The van der Waals surface area contributed by atoms with Crippen molar-refractivity contribution in [3.8, 4) is 0 Å². The predicted molar refractivity (Wildman–Crippen MR) is 88.8 cm³/mol. The molecular weight excluding hydrogens is 324 g/mol. The maximum atomic E-state index is 12.5. The summed E-state index contributed by atoms with van der Waals surface area (Å²) >= 11 is 0. The number of hydrogen-bond donors (Lipinski definition) is 4. The Morgan fingerprint density at radius 3 is 2.64 bits per heavy atom. The molecule has 1 aromatic rings. The Hall–Kier alpha value is -2.71. The highest BCUT2D eigenvalue weighted by atomic mass is 16.7. The molecule has 1 aromatic carbocycles. The third-order valence-corrected chi connectivity index (χ3v) is 4.87. The van der Waals surface area contributed by atoms with Crippen LogP contribution in [-0.2, 0) is 25.6 Å². The number of rotatable bonds is 3. The number of imide groups is 1. The quantitative estimate of drug-likeness (QED) is 0.473. The van der Waals surface area contributed by atoms with Crippen molar-refractivity contribution >= 4 is 23.7 Å². The molecule has 1 atom stereocenters. The Morgan fingerprint density at radius 1 is 1.28 bits per heavy atom. The van der Waals surface area contributed by atoms with Crippen LogP contribution in [0, 0.1) is 5.41 Å². The van der Waals surface area contributed by atoms with Crippen LogP contribution >= 0.6 is 0 Å². The molecule has 0 bridgehead atoms. The molecule has 2 heterocycles. The molecular formula is C17H18N4O4. The minimum atomic E-state index is -1.19. The molecule has 0 radical (unpaired) electrons. The van der Waals surface area contributed by atoms with E-state index >= 15 is 0 Å². The normalized spacial score (nSPS) is 26.7. The van der Waals surface area contributed by atoms with Crippen LogP contribution in [0.1, 0.15) is 23.1 Å². The molecule has 1 unspecified atom stereocenters. The first-order chi connectivity index (χ1) is 12.0. The molecule has 2 fully saturated rings. The maximum absolute atomic E-state index is 12.5. The molecule has 4 N–H and O–H groups in total. The minimum absolute atomic E-state index is 0.187. The van der Waals surface area contributed by atoms with Gasteiger partial charge < -0.3 is 25.5 Å². The number of ether oxygens (including phenoxy) is 2. The lowest BCUT2D eigenvalue weighted by atomic mass is 9.91. The van der Waals surface area contributed by atoms with E-state index in [-0.39, 0.29) is 6.42 Å². The van der Waals surface area contributed by atoms with Gasteiger partial charge in [-0.25, -0.2) is 4.79 Å². The van der Waals surface area contributed by atoms with Gasteiger partial charge in [0.25, 0.3) is 5.91 Å². The number of benzene rings is 1. The number of hydrogen-bond acceptors (Lipinski definition) is 6. The predicted octanol–water partition coefficient (Wildman–Crippen LogP) is 0.534. The Labute approximate surface area is 144 Å². The summed E-state index contributed by atoms with van der Waals surface area (Å²) in [5, 5.41) is 15.6. The highest BCUT2D eigenvalue weighted by Gasteiger charge is 2.62. The van der Waals surface area contributed by atoms with Crippen molar-refractivity contribution in [3.63, 3.8) is 0 Å². The van der Waals surface area contributed by atoms with E-state index in [9.17, 15) is 9.59 Å². The van der Waals surface area contributed by atoms with Crippen molar-refractivity contribution < 1.29 is 19.1 Å². The number of nitrogens with one attached hydrogen (secondary N) is 4. The highest BCUT2D eigenvalue weighted by molar-refractivity contribution is 6.09. The standard InChI is InChI=1S/C17H18N4O4/c1-19-8-11(7-18)10-2-3-12-13(6-10)17(24-4-5-25-17)9-16(12)14(22)20-15(23)21-16/h2-3,6-8,18-19H,4-5,9H2,1H3,(H2,20,21,22,23)/b11-8+,18-7?. The first-order valence-electron chi connectivity index (χ1n) is 7.99. The second-order valence-electron chi connectivity index (χ2n) is 6.23. The molecule has 0 saturated carbocycles. The number of fused-ring (bicyclic) bond motifs is 3. The van der Waals surface area contributed by atoms with Crippen LogP contribution in [0.5, 0.6) is 0 Å². The van der Waals surface area contributed by atoms with Gasteiger partial charge in [-0.1, -0.05) is 12.1 Å². The van der Waals surface area contributed by atoms with Gasteiger partial charge in [0, 0.05) is 37.0 Å². The highest BCUT2D eigenvalue weighted by Crippen LogP contribution is 2.53. The average molecular weight is 342 g/mol. The number of urea groups is 1. The molecule has 8 nitrogen and oxygen atoms in total. The number of allylic oxidation sites excluding steroid dienone is 1. The third kappa shape index (κ3) is 2.11. The number of carbonyl (C=O) groups is 2. The lowest BCUT2D eigenvalue weighted by molar-refractivity contribution is -0.174. The fraction of sp³-hybridized carbons (Fsp3) is 0.353. The Balaban J connectivity index is 1.89. The molecule has 1 aliphatic carbocycles. The van der Waals surface area contributed by atoms with Crippen LogP contribution in [0.3, 0.4) is 0 Å². The molecule has 2 aliphatic heterocycles. The molecule has 3 amide bonds. The molecule has 0 aromatic heterocycles. The lowest BCUT2D eigenvalue weighted by Crippen LogP contribution is -2.43. The zero-order valence-corrected chi connectivity index (χ0v) is 13.6. The minimum Gasteiger partial charge on any atom is -0.393 e. The smallest absolute Gasteiger partial charge is 0.322 e. The second-order valence-corrected chi connectivity index (χ2v) is 6.23. The van der Waals surface area contributed by atoms with Gasteiger partial charge in [-0.2, -0.15) is 0 Å². The Kier molecular flexibility index (Phi) is 3.41.